The first kappa shape index (κ1) is 29.6. The summed E-state index contributed by atoms with van der Waals surface area (Å²) in [6.45, 7) is -0.320. The molecule has 0 atom stereocenters. The number of carbonyl (C=O) groups is 1. The highest BCUT2D eigenvalue weighted by atomic mass is 32.2. The van der Waals surface area contributed by atoms with Crippen LogP contribution >= 0.6 is 0 Å². The fourth-order valence-electron chi connectivity index (χ4n) is 4.90. The molecular weight excluding hydrogens is 584 g/mol. The van der Waals surface area contributed by atoms with E-state index in [0.717, 1.165) is 0 Å². The third-order valence-electron chi connectivity index (χ3n) is 7.13. The Bertz CT molecular complexity index is 1610. The second kappa shape index (κ2) is 11.8. The van der Waals surface area contributed by atoms with Crippen LogP contribution in [0.4, 0.5) is 40.8 Å². The summed E-state index contributed by atoms with van der Waals surface area (Å²) in [7, 11) is -3.93. The number of halogens is 4. The van der Waals surface area contributed by atoms with Gasteiger partial charge in [0, 0.05) is 44.4 Å². The fourth-order valence-corrected chi connectivity index (χ4v) is 5.67. The van der Waals surface area contributed by atoms with Crippen LogP contribution in [0.2, 0.25) is 0 Å². The fraction of sp³-hybridized carbons (Fsp3) is 0.423. The summed E-state index contributed by atoms with van der Waals surface area (Å²) in [5.41, 5.74) is 0.413. The predicted molar refractivity (Wildman–Crippen MR) is 148 cm³/mol. The number of anilines is 4. The number of piperidine rings is 2. The second-order valence-corrected chi connectivity index (χ2v) is 11.9. The van der Waals surface area contributed by atoms with Crippen molar-refractivity contribution in [3.05, 3.63) is 47.7 Å². The van der Waals surface area contributed by atoms with Gasteiger partial charge in [-0.3, -0.25) is 9.52 Å². The minimum atomic E-state index is -3.93. The molecule has 0 aromatic carbocycles. The standard InChI is InChI=1S/C26H28F4N6O5S/c27-22(28)16-3-8-35(9-4-16)23-18(1-2-19(31-23)34-42(39,40)14-12-37)25(38)33-20-15-17-5-13-41-21(17)24(32-20)36-10-6-26(29,30)7-11-36/h1-2,5,13,15,37H,3-4,6-12,14H2,(H,31,34)(H,32,33,38). The molecule has 0 unspecified atom stereocenters. The molecule has 226 valence electrons. The van der Waals surface area contributed by atoms with Crippen LogP contribution in [0.5, 0.6) is 0 Å². The summed E-state index contributed by atoms with van der Waals surface area (Å²) in [4.78, 5) is 25.6. The zero-order valence-electron chi connectivity index (χ0n) is 22.2. The number of furan rings is 1. The van der Waals surface area contributed by atoms with Gasteiger partial charge in [0.25, 0.3) is 17.9 Å². The first-order valence-corrected chi connectivity index (χ1v) is 14.8. The lowest BCUT2D eigenvalue weighted by Gasteiger charge is -2.32. The van der Waals surface area contributed by atoms with Crippen LogP contribution in [-0.2, 0) is 10.0 Å². The monoisotopic (exact) mass is 612 g/mol. The van der Waals surface area contributed by atoms with Crippen molar-refractivity contribution in [3.63, 3.8) is 0 Å². The van der Waals surface area contributed by atoms with Gasteiger partial charge in [0.15, 0.2) is 11.4 Å². The summed E-state index contributed by atoms with van der Waals surface area (Å²) in [6.07, 6.45) is -0.963. The molecule has 2 saturated heterocycles. The number of carbonyl (C=O) groups excluding carboxylic acids is 1. The zero-order chi connectivity index (χ0) is 30.1. The number of nitrogens with zero attached hydrogens (tertiary/aromatic N) is 4. The van der Waals surface area contributed by atoms with Gasteiger partial charge in [0.05, 0.1) is 24.2 Å². The SMILES string of the molecule is O=C(Nc1cc2ccoc2c(N2CCC(F)(F)CC2)n1)c1ccc(NS(=O)(=O)CCO)nc1N1CCC(=C(F)F)CC1. The largest absolute Gasteiger partial charge is 0.460 e. The van der Waals surface area contributed by atoms with E-state index in [-0.39, 0.29) is 80.5 Å². The first-order valence-electron chi connectivity index (χ1n) is 13.2. The Morgan fingerprint density at radius 3 is 2.33 bits per heavy atom. The number of sulfonamides is 1. The molecule has 5 rings (SSSR count). The number of aliphatic hydroxyl groups is 1. The van der Waals surface area contributed by atoms with Gasteiger partial charge in [-0.15, -0.1) is 0 Å². The summed E-state index contributed by atoms with van der Waals surface area (Å²) < 4.78 is 86.0. The van der Waals surface area contributed by atoms with Crippen molar-refractivity contribution < 1.29 is 40.3 Å². The molecule has 0 aliphatic carbocycles. The number of hydrogen-bond acceptors (Lipinski definition) is 9. The molecule has 2 fully saturated rings. The molecule has 0 spiro atoms. The van der Waals surface area contributed by atoms with Gasteiger partial charge in [-0.25, -0.2) is 27.2 Å². The van der Waals surface area contributed by atoms with E-state index < -0.39 is 40.3 Å². The predicted octanol–water partition coefficient (Wildman–Crippen LogP) is 4.20. The summed E-state index contributed by atoms with van der Waals surface area (Å²) in [5, 5.41) is 12.3. The normalized spacial score (nSPS) is 17.4. The van der Waals surface area contributed by atoms with Crippen LogP contribution in [0.15, 0.2) is 46.6 Å². The van der Waals surface area contributed by atoms with E-state index in [4.69, 9.17) is 9.52 Å². The Balaban J connectivity index is 1.45. The van der Waals surface area contributed by atoms with Crippen LogP contribution in [0.25, 0.3) is 11.0 Å². The molecular formula is C26H28F4N6O5S. The molecule has 2 aliphatic rings. The van der Waals surface area contributed by atoms with Crippen LogP contribution in [0.3, 0.4) is 0 Å². The zero-order valence-corrected chi connectivity index (χ0v) is 23.1. The van der Waals surface area contributed by atoms with Crippen molar-refractivity contribution >= 4 is 50.2 Å². The van der Waals surface area contributed by atoms with Crippen molar-refractivity contribution in [2.45, 2.75) is 31.6 Å². The third-order valence-corrected chi connectivity index (χ3v) is 8.37. The van der Waals surface area contributed by atoms with Crippen LogP contribution in [0, 0.1) is 0 Å². The van der Waals surface area contributed by atoms with Crippen molar-refractivity contribution in [3.8, 4) is 0 Å². The highest BCUT2D eigenvalue weighted by Crippen LogP contribution is 2.35. The number of alkyl halides is 2. The number of aromatic nitrogens is 2. The van der Waals surface area contributed by atoms with Gasteiger partial charge in [-0.1, -0.05) is 0 Å². The maximum Gasteiger partial charge on any atom is 0.269 e. The summed E-state index contributed by atoms with van der Waals surface area (Å²) in [6, 6.07) is 5.83. The number of nitrogens with one attached hydrogen (secondary N) is 2. The lowest BCUT2D eigenvalue weighted by molar-refractivity contribution is -0.0221. The lowest BCUT2D eigenvalue weighted by atomic mass is 10.0. The van der Waals surface area contributed by atoms with Gasteiger partial charge in [0.2, 0.25) is 10.0 Å². The van der Waals surface area contributed by atoms with Crippen LogP contribution in [-0.4, -0.2) is 73.9 Å². The number of pyridine rings is 2. The number of aliphatic hydroxyl groups excluding tert-OH is 1. The minimum absolute atomic E-state index is 0.00215. The number of fused-ring (bicyclic) bond motifs is 1. The second-order valence-electron chi connectivity index (χ2n) is 10.0. The average molecular weight is 613 g/mol. The molecule has 16 heteroatoms. The van der Waals surface area contributed by atoms with E-state index in [1.165, 1.54) is 18.4 Å². The van der Waals surface area contributed by atoms with Gasteiger partial charge in [-0.2, -0.15) is 8.78 Å². The molecule has 11 nitrogen and oxygen atoms in total. The van der Waals surface area contributed by atoms with Crippen molar-refractivity contribution in [2.75, 3.05) is 58.4 Å². The average Bonchev–Trinajstić information content (AvgIpc) is 3.41. The molecule has 0 saturated carbocycles. The first-order chi connectivity index (χ1) is 19.9. The molecule has 3 N–H and O–H groups in total. The van der Waals surface area contributed by atoms with E-state index in [9.17, 15) is 30.8 Å². The maximum absolute atomic E-state index is 13.8. The van der Waals surface area contributed by atoms with Gasteiger partial charge < -0.3 is 24.6 Å². The minimum Gasteiger partial charge on any atom is -0.460 e. The Kier molecular flexibility index (Phi) is 8.28. The maximum atomic E-state index is 13.8. The summed E-state index contributed by atoms with van der Waals surface area (Å²) >= 11 is 0. The molecule has 3 aromatic rings. The van der Waals surface area contributed by atoms with Crippen LogP contribution in [0.1, 0.15) is 36.0 Å². The molecule has 42 heavy (non-hydrogen) atoms. The van der Waals surface area contributed by atoms with E-state index in [1.54, 1.807) is 21.9 Å². The topological polar surface area (TPSA) is 141 Å². The van der Waals surface area contributed by atoms with E-state index in [0.29, 0.717) is 16.8 Å². The van der Waals surface area contributed by atoms with E-state index >= 15 is 0 Å². The van der Waals surface area contributed by atoms with E-state index in [1.807, 2.05) is 0 Å². The Hall–Kier alpha value is -3.92. The Morgan fingerprint density at radius 1 is 1.00 bits per heavy atom. The Labute approximate surface area is 238 Å². The quantitative estimate of drug-likeness (QED) is 0.319. The Morgan fingerprint density at radius 2 is 1.67 bits per heavy atom. The number of rotatable bonds is 8. The highest BCUT2D eigenvalue weighted by molar-refractivity contribution is 7.92. The van der Waals surface area contributed by atoms with Crippen molar-refractivity contribution in [1.29, 1.82) is 0 Å². The molecule has 0 radical (unpaired) electrons. The lowest BCUT2D eigenvalue weighted by Crippen LogP contribution is -2.39. The smallest absolute Gasteiger partial charge is 0.269 e. The van der Waals surface area contributed by atoms with Crippen molar-refractivity contribution in [2.24, 2.45) is 0 Å². The molecule has 5 heterocycles. The van der Waals surface area contributed by atoms with Gasteiger partial charge >= 0.3 is 0 Å². The highest BCUT2D eigenvalue weighted by Gasteiger charge is 2.35. The van der Waals surface area contributed by atoms with Gasteiger partial charge in [0.1, 0.15) is 17.5 Å². The number of hydrogen-bond donors (Lipinski definition) is 3. The molecule has 2 aliphatic heterocycles. The molecule has 3 aromatic heterocycles. The van der Waals surface area contributed by atoms with Crippen LogP contribution < -0.4 is 19.8 Å². The number of amides is 1. The van der Waals surface area contributed by atoms with Gasteiger partial charge in [-0.05, 0) is 42.7 Å². The molecule has 1 amide bonds. The van der Waals surface area contributed by atoms with Crippen molar-refractivity contribution in [1.82, 2.24) is 9.97 Å². The molecule has 0 bridgehead atoms. The van der Waals surface area contributed by atoms with E-state index in [2.05, 4.69) is 20.0 Å². The summed E-state index contributed by atoms with van der Waals surface area (Å²) in [5.74, 6) is -3.63. The third kappa shape index (κ3) is 6.59.